The lowest BCUT2D eigenvalue weighted by molar-refractivity contribution is -0.125. The molecule has 1 N–H and O–H groups in total. The third kappa shape index (κ3) is 4.95. The van der Waals surface area contributed by atoms with Crippen LogP contribution in [0.1, 0.15) is 41.8 Å². The second kappa shape index (κ2) is 10.5. The zero-order chi connectivity index (χ0) is 26.9. The largest absolute Gasteiger partial charge is 0.493 e. The Balaban J connectivity index is 1.23. The number of ketones is 1. The van der Waals surface area contributed by atoms with Crippen molar-refractivity contribution in [3.05, 3.63) is 89.5 Å². The number of ether oxygens (including phenoxy) is 3. The third-order valence-electron chi connectivity index (χ3n) is 6.85. The summed E-state index contributed by atoms with van der Waals surface area (Å²) < 4.78 is 17.8. The first-order valence-electron chi connectivity index (χ1n) is 12.5. The van der Waals surface area contributed by atoms with E-state index in [1.165, 1.54) is 7.11 Å². The van der Waals surface area contributed by atoms with Crippen molar-refractivity contribution in [2.24, 2.45) is 5.10 Å². The van der Waals surface area contributed by atoms with Crippen LogP contribution >= 0.6 is 11.8 Å². The standard InChI is InChI=1S/C29H25N3O6S/c1-36-25-13-18(11-12-24(25)37-16-19(33)14-26-27(34)30-29(35)39-26)28-32-22(20-9-5-6-10-23(20)38-28)15-21(31-32)17-7-3-2-4-8-17/h2-13,22,26,28H,14-16H2,1H3,(H,30,34,35). The van der Waals surface area contributed by atoms with Gasteiger partial charge >= 0.3 is 0 Å². The molecule has 3 aliphatic heterocycles. The molecule has 6 rings (SSSR count). The van der Waals surface area contributed by atoms with Crippen molar-refractivity contribution in [2.75, 3.05) is 13.7 Å². The van der Waals surface area contributed by atoms with Crippen LogP contribution in [-0.2, 0) is 9.59 Å². The predicted molar refractivity (Wildman–Crippen MR) is 145 cm³/mol. The van der Waals surface area contributed by atoms with Gasteiger partial charge in [-0.25, -0.2) is 5.01 Å². The number of hydrogen-bond donors (Lipinski definition) is 1. The highest BCUT2D eigenvalue weighted by Gasteiger charge is 2.41. The Kier molecular flexibility index (Phi) is 6.70. The Morgan fingerprint density at radius 3 is 2.64 bits per heavy atom. The Labute approximate surface area is 229 Å². The molecule has 0 aromatic heterocycles. The highest BCUT2D eigenvalue weighted by atomic mass is 32.2. The van der Waals surface area contributed by atoms with Crippen molar-refractivity contribution in [2.45, 2.75) is 30.4 Å². The summed E-state index contributed by atoms with van der Waals surface area (Å²) in [6.45, 7) is -0.250. The van der Waals surface area contributed by atoms with E-state index >= 15 is 0 Å². The lowest BCUT2D eigenvalue weighted by Gasteiger charge is -2.38. The molecular formula is C29H25N3O6S. The van der Waals surface area contributed by atoms with Gasteiger partial charge < -0.3 is 14.2 Å². The smallest absolute Gasteiger partial charge is 0.286 e. The summed E-state index contributed by atoms with van der Waals surface area (Å²) in [6.07, 6.45) is 0.173. The average molecular weight is 544 g/mol. The van der Waals surface area contributed by atoms with Gasteiger partial charge in [-0.15, -0.1) is 0 Å². The predicted octanol–water partition coefficient (Wildman–Crippen LogP) is 4.63. The van der Waals surface area contributed by atoms with Crippen LogP contribution in [-0.4, -0.2) is 46.6 Å². The molecule has 3 aromatic carbocycles. The Hall–Kier alpha value is -4.31. The van der Waals surface area contributed by atoms with Gasteiger partial charge in [0.2, 0.25) is 12.1 Å². The van der Waals surface area contributed by atoms with E-state index in [0.29, 0.717) is 11.5 Å². The molecule has 3 atom stereocenters. The quantitative estimate of drug-likeness (QED) is 0.439. The molecule has 39 heavy (non-hydrogen) atoms. The molecule has 198 valence electrons. The molecule has 3 unspecified atom stereocenters. The molecule has 0 spiro atoms. The van der Waals surface area contributed by atoms with Crippen LogP contribution in [0.5, 0.6) is 17.2 Å². The second-order valence-electron chi connectivity index (χ2n) is 9.35. The lowest BCUT2D eigenvalue weighted by atomic mass is 9.96. The molecule has 0 bridgehead atoms. The number of Topliss-reactive ketones (excluding diaryl/α,β-unsaturated/α-hetero) is 1. The zero-order valence-corrected chi connectivity index (χ0v) is 21.9. The second-order valence-corrected chi connectivity index (χ2v) is 10.5. The highest BCUT2D eigenvalue weighted by molar-refractivity contribution is 8.15. The Morgan fingerprint density at radius 2 is 1.87 bits per heavy atom. The van der Waals surface area contributed by atoms with E-state index in [9.17, 15) is 14.4 Å². The molecule has 9 nitrogen and oxygen atoms in total. The van der Waals surface area contributed by atoms with E-state index in [1.807, 2.05) is 53.5 Å². The number of fused-ring (bicyclic) bond motifs is 3. The molecule has 2 amide bonds. The summed E-state index contributed by atoms with van der Waals surface area (Å²) in [6, 6.07) is 23.6. The van der Waals surface area contributed by atoms with Crippen LogP contribution in [0.25, 0.3) is 0 Å². The van der Waals surface area contributed by atoms with Crippen LogP contribution in [0.2, 0.25) is 0 Å². The van der Waals surface area contributed by atoms with E-state index in [4.69, 9.17) is 19.3 Å². The van der Waals surface area contributed by atoms with E-state index in [2.05, 4.69) is 23.5 Å². The molecule has 1 saturated heterocycles. The highest BCUT2D eigenvalue weighted by Crippen LogP contribution is 2.48. The number of carbonyl (C=O) groups excluding carboxylic acids is 3. The first kappa shape index (κ1) is 25.0. The van der Waals surface area contributed by atoms with Crippen LogP contribution in [0.4, 0.5) is 4.79 Å². The number of rotatable bonds is 8. The Bertz CT molecular complexity index is 1480. The van der Waals surface area contributed by atoms with Gasteiger partial charge in [-0.2, -0.15) is 5.10 Å². The first-order chi connectivity index (χ1) is 19.0. The molecular weight excluding hydrogens is 518 g/mol. The van der Waals surface area contributed by atoms with Crippen LogP contribution < -0.4 is 19.5 Å². The molecule has 1 fully saturated rings. The molecule has 10 heteroatoms. The van der Waals surface area contributed by atoms with E-state index in [0.717, 1.165) is 46.3 Å². The maximum Gasteiger partial charge on any atom is 0.286 e. The van der Waals surface area contributed by atoms with Crippen LogP contribution in [0.15, 0.2) is 77.9 Å². The number of carbonyl (C=O) groups is 3. The SMILES string of the molecule is COc1cc(C2Oc3ccccc3C3CC(c4ccccc4)=NN32)ccc1OCC(=O)CC1SC(=O)NC1=O. The number of hydrogen-bond acceptors (Lipinski definition) is 9. The van der Waals surface area contributed by atoms with E-state index < -0.39 is 22.6 Å². The van der Waals surface area contributed by atoms with Gasteiger partial charge in [0.05, 0.1) is 18.9 Å². The molecule has 0 saturated carbocycles. The maximum absolute atomic E-state index is 12.4. The van der Waals surface area contributed by atoms with Crippen molar-refractivity contribution < 1.29 is 28.6 Å². The van der Waals surface area contributed by atoms with Crippen molar-refractivity contribution in [3.8, 4) is 17.2 Å². The number of nitrogens with one attached hydrogen (secondary N) is 1. The fourth-order valence-corrected chi connectivity index (χ4v) is 5.82. The van der Waals surface area contributed by atoms with Crippen molar-refractivity contribution >= 4 is 34.4 Å². The zero-order valence-electron chi connectivity index (χ0n) is 21.0. The molecule has 3 heterocycles. The summed E-state index contributed by atoms with van der Waals surface area (Å²) in [5, 5.41) is 8.00. The number of para-hydroxylation sites is 1. The van der Waals surface area contributed by atoms with Gasteiger partial charge in [0.1, 0.15) is 17.6 Å². The number of amides is 2. The van der Waals surface area contributed by atoms with Gasteiger partial charge in [-0.1, -0.05) is 60.3 Å². The van der Waals surface area contributed by atoms with Gasteiger partial charge in [-0.05, 0) is 29.8 Å². The molecule has 0 radical (unpaired) electrons. The van der Waals surface area contributed by atoms with Crippen LogP contribution in [0.3, 0.4) is 0 Å². The molecule has 0 aliphatic carbocycles. The number of hydrazone groups is 1. The maximum atomic E-state index is 12.4. The fraction of sp³-hybridized carbons (Fsp3) is 0.241. The number of benzene rings is 3. The van der Waals surface area contributed by atoms with Gasteiger partial charge in [-0.3, -0.25) is 19.7 Å². The summed E-state index contributed by atoms with van der Waals surface area (Å²) in [5.74, 6) is 0.891. The Morgan fingerprint density at radius 1 is 1.08 bits per heavy atom. The summed E-state index contributed by atoms with van der Waals surface area (Å²) in [4.78, 5) is 35.5. The summed E-state index contributed by atoms with van der Waals surface area (Å²) in [5.41, 5.74) is 3.98. The van der Waals surface area contributed by atoms with Crippen molar-refractivity contribution in [3.63, 3.8) is 0 Å². The molecule has 3 aliphatic rings. The minimum Gasteiger partial charge on any atom is -0.493 e. The minimum absolute atomic E-state index is 0.0206. The number of imide groups is 1. The van der Waals surface area contributed by atoms with Crippen molar-refractivity contribution in [1.29, 1.82) is 0 Å². The first-order valence-corrected chi connectivity index (χ1v) is 13.4. The normalized spacial score (nSPS) is 21.4. The lowest BCUT2D eigenvalue weighted by Crippen LogP contribution is -2.33. The monoisotopic (exact) mass is 543 g/mol. The number of thioether (sulfide) groups is 1. The van der Waals surface area contributed by atoms with Gasteiger partial charge in [0, 0.05) is 24.0 Å². The minimum atomic E-state index is -0.723. The molecule has 3 aromatic rings. The van der Waals surface area contributed by atoms with Crippen molar-refractivity contribution in [1.82, 2.24) is 10.3 Å². The van der Waals surface area contributed by atoms with E-state index in [1.54, 1.807) is 6.07 Å². The topological polar surface area (TPSA) is 107 Å². The fourth-order valence-electron chi connectivity index (χ4n) is 4.97. The third-order valence-corrected chi connectivity index (χ3v) is 7.83. The summed E-state index contributed by atoms with van der Waals surface area (Å²) >= 11 is 0.821. The van der Waals surface area contributed by atoms with Gasteiger partial charge in [0.15, 0.2) is 17.3 Å². The number of nitrogens with zero attached hydrogens (tertiary/aromatic N) is 2. The van der Waals surface area contributed by atoms with Gasteiger partial charge in [0.25, 0.3) is 5.24 Å². The van der Waals surface area contributed by atoms with E-state index in [-0.39, 0.29) is 24.9 Å². The number of methoxy groups -OCH3 is 1. The van der Waals surface area contributed by atoms with Crippen LogP contribution in [0, 0.1) is 0 Å². The summed E-state index contributed by atoms with van der Waals surface area (Å²) in [7, 11) is 1.53. The average Bonchev–Trinajstić information content (AvgIpc) is 3.54.